The number of carbonyl (C=O) groups excluding carboxylic acids is 1. The van der Waals surface area contributed by atoms with Gasteiger partial charge in [0.05, 0.1) is 10.0 Å². The Labute approximate surface area is 142 Å². The summed E-state index contributed by atoms with van der Waals surface area (Å²) in [6.45, 7) is 6.76. The molecule has 1 saturated heterocycles. The van der Waals surface area contributed by atoms with Crippen molar-refractivity contribution < 1.29 is 4.79 Å². The van der Waals surface area contributed by atoms with Crippen molar-refractivity contribution in [1.82, 2.24) is 9.80 Å². The van der Waals surface area contributed by atoms with Gasteiger partial charge in [-0.1, -0.05) is 43.0 Å². The normalized spacial score (nSPS) is 15.9. The number of nitrogens with one attached hydrogen (secondary N) is 1. The first-order chi connectivity index (χ1) is 10.6. The standard InChI is InChI=1S/C16H23Cl2N3O/c1-2-3-4-7-20-8-10-21(11-9-20)16(22)19-13-5-6-14(17)15(18)12-13/h5-6,12H,2-4,7-11H2,1H3,(H,19,22). The van der Waals surface area contributed by atoms with Crippen molar-refractivity contribution in [2.75, 3.05) is 38.0 Å². The van der Waals surface area contributed by atoms with Gasteiger partial charge < -0.3 is 10.2 Å². The topological polar surface area (TPSA) is 35.6 Å². The molecule has 0 saturated carbocycles. The number of hydrogen-bond donors (Lipinski definition) is 1. The summed E-state index contributed by atoms with van der Waals surface area (Å²) in [5.74, 6) is 0. The van der Waals surface area contributed by atoms with E-state index in [0.29, 0.717) is 15.7 Å². The van der Waals surface area contributed by atoms with Crippen LogP contribution in [0.25, 0.3) is 0 Å². The monoisotopic (exact) mass is 343 g/mol. The SMILES string of the molecule is CCCCCN1CCN(C(=O)Nc2ccc(Cl)c(Cl)c2)CC1. The third-order valence-electron chi connectivity index (χ3n) is 3.91. The second-order valence-electron chi connectivity index (χ2n) is 5.59. The van der Waals surface area contributed by atoms with E-state index in [9.17, 15) is 4.79 Å². The largest absolute Gasteiger partial charge is 0.322 e. The maximum atomic E-state index is 12.3. The summed E-state index contributed by atoms with van der Waals surface area (Å²) in [6, 6.07) is 5.03. The molecule has 1 aliphatic rings. The van der Waals surface area contributed by atoms with Crippen LogP contribution in [0.15, 0.2) is 18.2 Å². The number of halogens is 2. The smallest absolute Gasteiger partial charge is 0.321 e. The highest BCUT2D eigenvalue weighted by Gasteiger charge is 2.20. The van der Waals surface area contributed by atoms with E-state index in [-0.39, 0.29) is 6.03 Å². The molecular formula is C16H23Cl2N3O. The van der Waals surface area contributed by atoms with Crippen molar-refractivity contribution in [3.63, 3.8) is 0 Å². The Morgan fingerprint density at radius 2 is 1.86 bits per heavy atom. The zero-order valence-corrected chi connectivity index (χ0v) is 14.5. The fourth-order valence-electron chi connectivity index (χ4n) is 2.54. The maximum Gasteiger partial charge on any atom is 0.321 e. The van der Waals surface area contributed by atoms with Crippen LogP contribution in [0.3, 0.4) is 0 Å². The number of carbonyl (C=O) groups is 1. The average molecular weight is 344 g/mol. The Morgan fingerprint density at radius 1 is 1.14 bits per heavy atom. The fourth-order valence-corrected chi connectivity index (χ4v) is 2.83. The maximum absolute atomic E-state index is 12.3. The molecule has 0 unspecified atom stereocenters. The first kappa shape index (κ1) is 17.4. The molecule has 0 radical (unpaired) electrons. The predicted octanol–water partition coefficient (Wildman–Crippen LogP) is 4.33. The quantitative estimate of drug-likeness (QED) is 0.807. The number of nitrogens with zero attached hydrogens (tertiary/aromatic N) is 2. The fraction of sp³-hybridized carbons (Fsp3) is 0.562. The summed E-state index contributed by atoms with van der Waals surface area (Å²) in [6.07, 6.45) is 3.76. The molecule has 1 aromatic carbocycles. The van der Waals surface area contributed by atoms with Gasteiger partial charge in [-0.2, -0.15) is 0 Å². The van der Waals surface area contributed by atoms with Crippen molar-refractivity contribution in [3.05, 3.63) is 28.2 Å². The number of hydrogen-bond acceptors (Lipinski definition) is 2. The lowest BCUT2D eigenvalue weighted by atomic mass is 10.2. The molecule has 0 aromatic heterocycles. The summed E-state index contributed by atoms with van der Waals surface area (Å²) >= 11 is 11.8. The third kappa shape index (κ3) is 5.04. The molecule has 1 fully saturated rings. The van der Waals surface area contributed by atoms with E-state index < -0.39 is 0 Å². The Morgan fingerprint density at radius 3 is 2.50 bits per heavy atom. The van der Waals surface area contributed by atoms with Crippen LogP contribution in [-0.4, -0.2) is 48.6 Å². The molecule has 1 aromatic rings. The summed E-state index contributed by atoms with van der Waals surface area (Å²) in [4.78, 5) is 16.5. The van der Waals surface area contributed by atoms with Crippen LogP contribution in [0.2, 0.25) is 10.0 Å². The molecular weight excluding hydrogens is 321 g/mol. The van der Waals surface area contributed by atoms with Crippen molar-refractivity contribution >= 4 is 34.9 Å². The summed E-state index contributed by atoms with van der Waals surface area (Å²) in [7, 11) is 0. The van der Waals surface area contributed by atoms with Gasteiger partial charge in [-0.3, -0.25) is 4.90 Å². The highest BCUT2D eigenvalue weighted by molar-refractivity contribution is 6.42. The Bertz CT molecular complexity index is 502. The molecule has 0 atom stereocenters. The number of benzene rings is 1. The Balaban J connectivity index is 1.78. The predicted molar refractivity (Wildman–Crippen MR) is 93.0 cm³/mol. The summed E-state index contributed by atoms with van der Waals surface area (Å²) in [5.41, 5.74) is 0.671. The molecule has 0 aliphatic carbocycles. The molecule has 4 nitrogen and oxygen atoms in total. The van der Waals surface area contributed by atoms with Crippen molar-refractivity contribution in [1.29, 1.82) is 0 Å². The second-order valence-corrected chi connectivity index (χ2v) is 6.41. The van der Waals surface area contributed by atoms with Crippen molar-refractivity contribution in [3.8, 4) is 0 Å². The lowest BCUT2D eigenvalue weighted by Crippen LogP contribution is -2.50. The lowest BCUT2D eigenvalue weighted by molar-refractivity contribution is 0.146. The first-order valence-electron chi connectivity index (χ1n) is 7.83. The Hall–Kier alpha value is -0.970. The van der Waals surface area contributed by atoms with E-state index in [4.69, 9.17) is 23.2 Å². The summed E-state index contributed by atoms with van der Waals surface area (Å²) in [5, 5.41) is 3.80. The Kier molecular flexibility index (Phi) is 6.80. The number of urea groups is 1. The van der Waals surface area contributed by atoms with Gasteiger partial charge in [-0.15, -0.1) is 0 Å². The van der Waals surface area contributed by atoms with Crippen LogP contribution >= 0.6 is 23.2 Å². The van der Waals surface area contributed by atoms with Gasteiger partial charge in [0, 0.05) is 31.9 Å². The molecule has 1 aliphatic heterocycles. The molecule has 6 heteroatoms. The van der Waals surface area contributed by atoms with Gasteiger partial charge in [-0.25, -0.2) is 4.79 Å². The highest BCUT2D eigenvalue weighted by Crippen LogP contribution is 2.25. The minimum atomic E-state index is -0.0772. The van der Waals surface area contributed by atoms with E-state index in [1.54, 1.807) is 18.2 Å². The van der Waals surface area contributed by atoms with Crippen LogP contribution in [0.4, 0.5) is 10.5 Å². The van der Waals surface area contributed by atoms with Crippen LogP contribution in [0.5, 0.6) is 0 Å². The molecule has 1 heterocycles. The van der Waals surface area contributed by atoms with Gasteiger partial charge in [0.1, 0.15) is 0 Å². The van der Waals surface area contributed by atoms with Crippen molar-refractivity contribution in [2.45, 2.75) is 26.2 Å². The summed E-state index contributed by atoms with van der Waals surface area (Å²) < 4.78 is 0. The molecule has 122 valence electrons. The molecule has 0 spiro atoms. The van der Waals surface area contributed by atoms with Crippen LogP contribution in [0.1, 0.15) is 26.2 Å². The number of anilines is 1. The number of unbranched alkanes of at least 4 members (excludes halogenated alkanes) is 2. The van der Waals surface area contributed by atoms with E-state index in [1.807, 2.05) is 4.90 Å². The van der Waals surface area contributed by atoms with E-state index in [0.717, 1.165) is 32.7 Å². The van der Waals surface area contributed by atoms with E-state index in [1.165, 1.54) is 19.3 Å². The van der Waals surface area contributed by atoms with Gasteiger partial charge in [0.15, 0.2) is 0 Å². The van der Waals surface area contributed by atoms with Crippen LogP contribution in [-0.2, 0) is 0 Å². The van der Waals surface area contributed by atoms with E-state index in [2.05, 4.69) is 17.1 Å². The minimum absolute atomic E-state index is 0.0772. The van der Waals surface area contributed by atoms with Crippen LogP contribution in [0, 0.1) is 0 Å². The highest BCUT2D eigenvalue weighted by atomic mass is 35.5. The number of amides is 2. The van der Waals surface area contributed by atoms with Gasteiger partial charge in [0.2, 0.25) is 0 Å². The second kappa shape index (κ2) is 8.61. The van der Waals surface area contributed by atoms with Gasteiger partial charge >= 0.3 is 6.03 Å². The van der Waals surface area contributed by atoms with Gasteiger partial charge in [-0.05, 0) is 31.2 Å². The van der Waals surface area contributed by atoms with E-state index >= 15 is 0 Å². The molecule has 2 amide bonds. The number of piperazine rings is 1. The zero-order valence-electron chi connectivity index (χ0n) is 12.9. The average Bonchev–Trinajstić information content (AvgIpc) is 2.52. The lowest BCUT2D eigenvalue weighted by Gasteiger charge is -2.34. The minimum Gasteiger partial charge on any atom is -0.322 e. The first-order valence-corrected chi connectivity index (χ1v) is 8.59. The van der Waals surface area contributed by atoms with Crippen molar-refractivity contribution in [2.24, 2.45) is 0 Å². The number of rotatable bonds is 5. The molecule has 0 bridgehead atoms. The van der Waals surface area contributed by atoms with Crippen LogP contribution < -0.4 is 5.32 Å². The van der Waals surface area contributed by atoms with Gasteiger partial charge in [0.25, 0.3) is 0 Å². The third-order valence-corrected chi connectivity index (χ3v) is 4.65. The molecule has 2 rings (SSSR count). The molecule has 1 N–H and O–H groups in total. The zero-order chi connectivity index (χ0) is 15.9. The molecule has 22 heavy (non-hydrogen) atoms.